The van der Waals surface area contributed by atoms with Crippen LogP contribution in [0.3, 0.4) is 0 Å². The highest BCUT2D eigenvalue weighted by Gasteiger charge is 2.19. The maximum absolute atomic E-state index is 6.52. The molecule has 10 aromatic rings. The fourth-order valence-electron chi connectivity index (χ4n) is 7.11. The molecule has 0 amide bonds. The summed E-state index contributed by atoms with van der Waals surface area (Å²) in [5.41, 5.74) is 8.87. The predicted octanol–water partition coefficient (Wildman–Crippen LogP) is 12.4. The summed E-state index contributed by atoms with van der Waals surface area (Å²) >= 11 is 0. The van der Waals surface area contributed by atoms with Crippen molar-refractivity contribution in [3.05, 3.63) is 176 Å². The van der Waals surface area contributed by atoms with Gasteiger partial charge in [-0.2, -0.15) is 0 Å². The van der Waals surface area contributed by atoms with Crippen LogP contribution in [0.15, 0.2) is 180 Å². The second-order valence-corrected chi connectivity index (χ2v) is 12.9. The number of fused-ring (bicyclic) bond motifs is 5. The Morgan fingerprint density at radius 2 is 0.863 bits per heavy atom. The first-order chi connectivity index (χ1) is 25.2. The predicted molar refractivity (Wildman–Crippen MR) is 209 cm³/mol. The van der Waals surface area contributed by atoms with Crippen molar-refractivity contribution >= 4 is 43.5 Å². The maximum atomic E-state index is 6.52. The summed E-state index contributed by atoms with van der Waals surface area (Å²) in [6, 6.07) is 61.2. The average molecular weight is 652 g/mol. The first-order valence-corrected chi connectivity index (χ1v) is 17.1. The Labute approximate surface area is 294 Å². The van der Waals surface area contributed by atoms with E-state index in [-0.39, 0.29) is 0 Å². The number of hydrogen-bond donors (Lipinski definition) is 0. The molecular weight excluding hydrogens is 623 g/mol. The van der Waals surface area contributed by atoms with Gasteiger partial charge in [-0.05, 0) is 80.2 Å². The SMILES string of the molecule is c1ccc(-c2ccc3ccc(-c4nc(-c5ccccc5)nc(-c5cc(-c6ccc7ccccc7c6)c6c(c5)oc5ccccc56)n4)cc3c2)cc1. The zero-order chi connectivity index (χ0) is 33.7. The molecule has 2 heterocycles. The summed E-state index contributed by atoms with van der Waals surface area (Å²) in [4.78, 5) is 15.3. The van der Waals surface area contributed by atoms with E-state index >= 15 is 0 Å². The van der Waals surface area contributed by atoms with Gasteiger partial charge in [0.05, 0.1) is 0 Å². The van der Waals surface area contributed by atoms with Gasteiger partial charge in [0.25, 0.3) is 0 Å². The second-order valence-electron chi connectivity index (χ2n) is 12.9. The molecule has 2 aromatic heterocycles. The molecule has 0 spiro atoms. The first kappa shape index (κ1) is 29.0. The van der Waals surface area contributed by atoms with Gasteiger partial charge in [-0.3, -0.25) is 0 Å². The molecule has 0 bridgehead atoms. The van der Waals surface area contributed by atoms with Crippen LogP contribution in [0.4, 0.5) is 0 Å². The fourth-order valence-corrected chi connectivity index (χ4v) is 7.11. The van der Waals surface area contributed by atoms with Gasteiger partial charge in [-0.25, -0.2) is 15.0 Å². The summed E-state index contributed by atoms with van der Waals surface area (Å²) < 4.78 is 6.52. The Morgan fingerprint density at radius 3 is 1.65 bits per heavy atom. The summed E-state index contributed by atoms with van der Waals surface area (Å²) in [5.74, 6) is 1.81. The van der Waals surface area contributed by atoms with Gasteiger partial charge in [0.1, 0.15) is 11.2 Å². The Kier molecular flexibility index (Phi) is 6.78. The molecule has 0 unspecified atom stereocenters. The van der Waals surface area contributed by atoms with Crippen molar-refractivity contribution in [3.63, 3.8) is 0 Å². The molecule has 0 aliphatic carbocycles. The average Bonchev–Trinajstić information content (AvgIpc) is 3.59. The van der Waals surface area contributed by atoms with Crippen molar-refractivity contribution in [1.29, 1.82) is 0 Å². The van der Waals surface area contributed by atoms with Crippen molar-refractivity contribution in [2.45, 2.75) is 0 Å². The number of benzene rings is 8. The summed E-state index contributed by atoms with van der Waals surface area (Å²) in [7, 11) is 0. The van der Waals surface area contributed by atoms with Crippen LogP contribution in [0.25, 0.3) is 99.9 Å². The van der Waals surface area contributed by atoms with Crippen LogP contribution in [0.5, 0.6) is 0 Å². The van der Waals surface area contributed by atoms with Crippen LogP contribution in [0.2, 0.25) is 0 Å². The van der Waals surface area contributed by atoms with E-state index in [1.54, 1.807) is 0 Å². The third-order valence-electron chi connectivity index (χ3n) is 9.67. The lowest BCUT2D eigenvalue weighted by molar-refractivity contribution is 0.669. The minimum atomic E-state index is 0.585. The number of hydrogen-bond acceptors (Lipinski definition) is 4. The largest absolute Gasteiger partial charge is 0.456 e. The molecule has 0 N–H and O–H groups in total. The molecule has 238 valence electrons. The highest BCUT2D eigenvalue weighted by molar-refractivity contribution is 6.14. The highest BCUT2D eigenvalue weighted by Crippen LogP contribution is 2.41. The molecule has 0 aliphatic heterocycles. The lowest BCUT2D eigenvalue weighted by atomic mass is 9.95. The van der Waals surface area contributed by atoms with Crippen molar-refractivity contribution in [3.8, 4) is 56.4 Å². The Balaban J connectivity index is 1.19. The standard InChI is InChI=1S/C47H29N3O/c1-3-11-30(12-4-1)35-22-19-32-21-24-37(27-38(32)26-35)46-48-45(33-14-5-2-6-15-33)49-47(50-46)39-28-41(36-23-20-31-13-7-8-16-34(31)25-36)44-40-17-9-10-18-42(40)51-43(44)29-39/h1-29H. The van der Waals surface area contributed by atoms with Gasteiger partial charge >= 0.3 is 0 Å². The third kappa shape index (κ3) is 5.22. The van der Waals surface area contributed by atoms with E-state index in [2.05, 4.69) is 127 Å². The fraction of sp³-hybridized carbons (Fsp3) is 0. The van der Waals surface area contributed by atoms with Crippen molar-refractivity contribution in [2.75, 3.05) is 0 Å². The second kappa shape index (κ2) is 11.9. The quantitative estimate of drug-likeness (QED) is 0.186. The van der Waals surface area contributed by atoms with Gasteiger partial charge in [-0.15, -0.1) is 0 Å². The number of furan rings is 1. The summed E-state index contributed by atoms with van der Waals surface area (Å²) in [6.07, 6.45) is 0. The van der Waals surface area contributed by atoms with Crippen molar-refractivity contribution in [2.24, 2.45) is 0 Å². The molecule has 4 nitrogen and oxygen atoms in total. The van der Waals surface area contributed by atoms with Crippen molar-refractivity contribution in [1.82, 2.24) is 15.0 Å². The van der Waals surface area contributed by atoms with Crippen LogP contribution in [-0.2, 0) is 0 Å². The maximum Gasteiger partial charge on any atom is 0.164 e. The summed E-state index contributed by atoms with van der Waals surface area (Å²) in [5, 5.41) is 6.82. The van der Waals surface area contributed by atoms with Gasteiger partial charge < -0.3 is 4.42 Å². The van der Waals surface area contributed by atoms with E-state index in [9.17, 15) is 0 Å². The van der Waals surface area contributed by atoms with E-state index in [0.717, 1.165) is 60.5 Å². The van der Waals surface area contributed by atoms with E-state index < -0.39 is 0 Å². The molecule has 0 radical (unpaired) electrons. The number of aromatic nitrogens is 3. The molecule has 0 saturated heterocycles. The Bertz CT molecular complexity index is 2910. The molecule has 0 fully saturated rings. The van der Waals surface area contributed by atoms with E-state index in [1.807, 2.05) is 48.5 Å². The van der Waals surface area contributed by atoms with E-state index in [0.29, 0.717) is 17.5 Å². The monoisotopic (exact) mass is 651 g/mol. The lowest BCUT2D eigenvalue weighted by Gasteiger charge is -2.12. The first-order valence-electron chi connectivity index (χ1n) is 17.1. The minimum Gasteiger partial charge on any atom is -0.456 e. The van der Waals surface area contributed by atoms with Crippen LogP contribution in [0.1, 0.15) is 0 Å². The topological polar surface area (TPSA) is 51.8 Å². The van der Waals surface area contributed by atoms with E-state index in [4.69, 9.17) is 19.4 Å². The summed E-state index contributed by atoms with van der Waals surface area (Å²) in [6.45, 7) is 0. The molecule has 4 heteroatoms. The van der Waals surface area contributed by atoms with Gasteiger partial charge in [-0.1, -0.05) is 140 Å². The number of nitrogens with zero attached hydrogens (tertiary/aromatic N) is 3. The molecule has 8 aromatic carbocycles. The zero-order valence-electron chi connectivity index (χ0n) is 27.5. The molecule has 51 heavy (non-hydrogen) atoms. The smallest absolute Gasteiger partial charge is 0.164 e. The Morgan fingerprint density at radius 1 is 0.314 bits per heavy atom. The van der Waals surface area contributed by atoms with Gasteiger partial charge in [0, 0.05) is 27.5 Å². The van der Waals surface area contributed by atoms with Crippen LogP contribution in [0, 0.1) is 0 Å². The van der Waals surface area contributed by atoms with Crippen LogP contribution in [-0.4, -0.2) is 15.0 Å². The zero-order valence-corrected chi connectivity index (χ0v) is 27.5. The van der Waals surface area contributed by atoms with Gasteiger partial charge in [0.15, 0.2) is 17.5 Å². The molecule has 0 aliphatic rings. The number of para-hydroxylation sites is 1. The van der Waals surface area contributed by atoms with Crippen molar-refractivity contribution < 1.29 is 4.42 Å². The molecule has 0 atom stereocenters. The lowest BCUT2D eigenvalue weighted by Crippen LogP contribution is -2.00. The van der Waals surface area contributed by atoms with Gasteiger partial charge in [0.2, 0.25) is 0 Å². The van der Waals surface area contributed by atoms with Crippen LogP contribution < -0.4 is 0 Å². The molecule has 0 saturated carbocycles. The molecular formula is C47H29N3O. The van der Waals surface area contributed by atoms with Crippen LogP contribution >= 0.6 is 0 Å². The molecule has 10 rings (SSSR count). The number of rotatable bonds is 5. The third-order valence-corrected chi connectivity index (χ3v) is 9.67. The minimum absolute atomic E-state index is 0.585. The highest BCUT2D eigenvalue weighted by atomic mass is 16.3. The normalized spacial score (nSPS) is 11.5. The Hall–Kier alpha value is -6.91. The van der Waals surface area contributed by atoms with E-state index in [1.165, 1.54) is 21.9 Å².